The van der Waals surface area contributed by atoms with Gasteiger partial charge in [-0.05, 0) is 24.5 Å². The van der Waals surface area contributed by atoms with E-state index >= 15 is 0 Å². The Hall–Kier alpha value is -2.34. The molecule has 0 aliphatic carbocycles. The molecule has 5 nitrogen and oxygen atoms in total. The van der Waals surface area contributed by atoms with Crippen molar-refractivity contribution in [1.82, 2.24) is 15.0 Å². The number of aromatic nitrogens is 3. The molecule has 3 aromatic rings. The number of hydrogen-bond donors (Lipinski definition) is 1. The molecule has 0 fully saturated rings. The SMILES string of the molecule is COc1ccccc1-c1nc(SC)nc2[nH]c(=O)ccc12. The van der Waals surface area contributed by atoms with Gasteiger partial charge in [-0.3, -0.25) is 4.79 Å². The topological polar surface area (TPSA) is 67.9 Å². The third-order valence-corrected chi connectivity index (χ3v) is 3.66. The van der Waals surface area contributed by atoms with Crippen LogP contribution in [0.1, 0.15) is 0 Å². The van der Waals surface area contributed by atoms with Crippen LogP contribution in [-0.4, -0.2) is 28.3 Å². The van der Waals surface area contributed by atoms with E-state index in [4.69, 9.17) is 4.74 Å². The fourth-order valence-corrected chi connectivity index (χ4v) is 2.52. The Kier molecular flexibility index (Phi) is 3.62. The van der Waals surface area contributed by atoms with Crippen LogP contribution < -0.4 is 10.3 Å². The van der Waals surface area contributed by atoms with Gasteiger partial charge in [0.15, 0.2) is 5.16 Å². The maximum absolute atomic E-state index is 11.5. The van der Waals surface area contributed by atoms with Gasteiger partial charge in [-0.25, -0.2) is 9.97 Å². The van der Waals surface area contributed by atoms with Crippen molar-refractivity contribution in [3.05, 3.63) is 46.8 Å². The van der Waals surface area contributed by atoms with Crippen LogP contribution in [0.25, 0.3) is 22.3 Å². The summed E-state index contributed by atoms with van der Waals surface area (Å²) in [4.78, 5) is 23.2. The zero-order valence-corrected chi connectivity index (χ0v) is 12.4. The predicted molar refractivity (Wildman–Crippen MR) is 83.9 cm³/mol. The number of pyridine rings is 1. The van der Waals surface area contributed by atoms with Gasteiger partial charge in [-0.15, -0.1) is 0 Å². The lowest BCUT2D eigenvalue weighted by Crippen LogP contribution is -2.06. The number of aromatic amines is 1. The summed E-state index contributed by atoms with van der Waals surface area (Å²) in [5.41, 5.74) is 1.97. The Morgan fingerprint density at radius 1 is 1.14 bits per heavy atom. The Bertz CT molecular complexity index is 861. The fraction of sp³-hybridized carbons (Fsp3) is 0.133. The van der Waals surface area contributed by atoms with Crippen molar-refractivity contribution in [2.24, 2.45) is 0 Å². The van der Waals surface area contributed by atoms with Gasteiger partial charge in [-0.2, -0.15) is 0 Å². The van der Waals surface area contributed by atoms with Gasteiger partial charge in [0.25, 0.3) is 0 Å². The van der Waals surface area contributed by atoms with Gasteiger partial charge in [0, 0.05) is 17.0 Å². The summed E-state index contributed by atoms with van der Waals surface area (Å²) in [5.74, 6) is 0.732. The molecule has 1 aromatic carbocycles. The highest BCUT2D eigenvalue weighted by molar-refractivity contribution is 7.98. The van der Waals surface area contributed by atoms with Crippen LogP contribution in [0.2, 0.25) is 0 Å². The molecule has 0 amide bonds. The molecule has 0 saturated carbocycles. The van der Waals surface area contributed by atoms with Gasteiger partial charge in [0.2, 0.25) is 5.56 Å². The molecule has 1 N–H and O–H groups in total. The van der Waals surface area contributed by atoms with Crippen LogP contribution in [0, 0.1) is 0 Å². The van der Waals surface area contributed by atoms with Crippen molar-refractivity contribution in [1.29, 1.82) is 0 Å². The molecule has 0 radical (unpaired) electrons. The van der Waals surface area contributed by atoms with E-state index in [1.807, 2.05) is 30.5 Å². The number of benzene rings is 1. The van der Waals surface area contributed by atoms with Crippen LogP contribution in [0.15, 0.2) is 46.3 Å². The summed E-state index contributed by atoms with van der Waals surface area (Å²) >= 11 is 1.43. The lowest BCUT2D eigenvalue weighted by Gasteiger charge is -2.10. The number of nitrogens with one attached hydrogen (secondary N) is 1. The first-order valence-corrected chi connectivity index (χ1v) is 7.54. The van der Waals surface area contributed by atoms with Crippen molar-refractivity contribution < 1.29 is 4.74 Å². The maximum atomic E-state index is 11.5. The highest BCUT2D eigenvalue weighted by Gasteiger charge is 2.13. The third kappa shape index (κ3) is 2.50. The fourth-order valence-electron chi connectivity index (χ4n) is 2.16. The Balaban J connectivity index is 2.38. The number of nitrogens with zero attached hydrogens (tertiary/aromatic N) is 2. The van der Waals surface area contributed by atoms with Crippen molar-refractivity contribution in [3.8, 4) is 17.0 Å². The first kappa shape index (κ1) is 13.6. The molecule has 2 aromatic heterocycles. The molecule has 106 valence electrons. The minimum Gasteiger partial charge on any atom is -0.496 e. The van der Waals surface area contributed by atoms with Crippen molar-refractivity contribution >= 4 is 22.8 Å². The van der Waals surface area contributed by atoms with E-state index < -0.39 is 0 Å². The lowest BCUT2D eigenvalue weighted by molar-refractivity contribution is 0.416. The van der Waals surface area contributed by atoms with E-state index in [9.17, 15) is 4.79 Å². The van der Waals surface area contributed by atoms with Crippen LogP contribution in [0.3, 0.4) is 0 Å². The minimum atomic E-state index is -0.181. The smallest absolute Gasteiger partial charge is 0.249 e. The number of methoxy groups -OCH3 is 1. The molecule has 6 heteroatoms. The van der Waals surface area contributed by atoms with Gasteiger partial charge >= 0.3 is 0 Å². The van der Waals surface area contributed by atoms with Crippen LogP contribution in [-0.2, 0) is 0 Å². The number of para-hydroxylation sites is 1. The average molecular weight is 299 g/mol. The van der Waals surface area contributed by atoms with Gasteiger partial charge in [0.1, 0.15) is 11.4 Å². The number of H-pyrrole nitrogens is 1. The number of rotatable bonds is 3. The van der Waals surface area contributed by atoms with Gasteiger partial charge < -0.3 is 9.72 Å². The first-order valence-electron chi connectivity index (χ1n) is 6.31. The number of ether oxygens (including phenoxy) is 1. The van der Waals surface area contributed by atoms with E-state index in [0.717, 1.165) is 22.4 Å². The monoisotopic (exact) mass is 299 g/mol. The maximum Gasteiger partial charge on any atom is 0.249 e. The molecule has 0 atom stereocenters. The van der Waals surface area contributed by atoms with E-state index in [2.05, 4.69) is 15.0 Å². The summed E-state index contributed by atoms with van der Waals surface area (Å²) in [6.07, 6.45) is 1.90. The van der Waals surface area contributed by atoms with Crippen molar-refractivity contribution in [3.63, 3.8) is 0 Å². The Morgan fingerprint density at radius 3 is 2.71 bits per heavy atom. The zero-order valence-electron chi connectivity index (χ0n) is 11.6. The van der Waals surface area contributed by atoms with Gasteiger partial charge in [0.05, 0.1) is 12.8 Å². The van der Waals surface area contributed by atoms with Crippen molar-refractivity contribution in [2.75, 3.05) is 13.4 Å². The van der Waals surface area contributed by atoms with Crippen molar-refractivity contribution in [2.45, 2.75) is 5.16 Å². The van der Waals surface area contributed by atoms with Gasteiger partial charge in [-0.1, -0.05) is 23.9 Å². The molecular formula is C15H13N3O2S. The van der Waals surface area contributed by atoms with Crippen LogP contribution in [0.4, 0.5) is 0 Å². The minimum absolute atomic E-state index is 0.181. The summed E-state index contributed by atoms with van der Waals surface area (Å²) in [7, 11) is 1.62. The second kappa shape index (κ2) is 5.57. The largest absolute Gasteiger partial charge is 0.496 e. The molecule has 21 heavy (non-hydrogen) atoms. The highest BCUT2D eigenvalue weighted by Crippen LogP contribution is 2.33. The lowest BCUT2D eigenvalue weighted by atomic mass is 10.1. The van der Waals surface area contributed by atoms with E-state index in [1.165, 1.54) is 17.8 Å². The first-order chi connectivity index (χ1) is 10.2. The molecule has 0 aliphatic heterocycles. The Labute approximate surface area is 125 Å². The predicted octanol–water partition coefficient (Wildman–Crippen LogP) is 2.72. The number of hydrogen-bond acceptors (Lipinski definition) is 5. The molecule has 0 unspecified atom stereocenters. The van der Waals surface area contributed by atoms with E-state index in [0.29, 0.717) is 10.8 Å². The average Bonchev–Trinajstić information content (AvgIpc) is 2.53. The standard InChI is InChI=1S/C15H13N3O2S/c1-20-11-6-4-3-5-9(11)13-10-7-8-12(19)16-14(10)18-15(17-13)21-2/h3-8H,1-2H3,(H,16,17,18,19). The van der Waals surface area contributed by atoms with E-state index in [-0.39, 0.29) is 5.56 Å². The van der Waals surface area contributed by atoms with Crippen LogP contribution >= 0.6 is 11.8 Å². The van der Waals surface area contributed by atoms with E-state index in [1.54, 1.807) is 13.2 Å². The molecule has 0 aliphatic rings. The quantitative estimate of drug-likeness (QED) is 0.595. The second-order valence-corrected chi connectivity index (χ2v) is 5.12. The Morgan fingerprint density at radius 2 is 1.95 bits per heavy atom. The molecule has 0 bridgehead atoms. The summed E-state index contributed by atoms with van der Waals surface area (Å²) in [6.45, 7) is 0. The summed E-state index contributed by atoms with van der Waals surface area (Å²) < 4.78 is 5.41. The molecule has 0 saturated heterocycles. The normalized spacial score (nSPS) is 10.8. The number of thioether (sulfide) groups is 1. The van der Waals surface area contributed by atoms with Crippen LogP contribution in [0.5, 0.6) is 5.75 Å². The molecule has 3 rings (SSSR count). The number of fused-ring (bicyclic) bond motifs is 1. The summed E-state index contributed by atoms with van der Waals surface area (Å²) in [6, 6.07) is 10.9. The zero-order chi connectivity index (χ0) is 14.8. The third-order valence-electron chi connectivity index (χ3n) is 3.11. The summed E-state index contributed by atoms with van der Waals surface area (Å²) in [5, 5.41) is 1.39. The molecule has 0 spiro atoms. The second-order valence-electron chi connectivity index (χ2n) is 4.34. The molecular weight excluding hydrogens is 286 g/mol. The highest BCUT2D eigenvalue weighted by atomic mass is 32.2. The molecule has 2 heterocycles.